The van der Waals surface area contributed by atoms with Gasteiger partial charge in [0.25, 0.3) is 0 Å². The first-order chi connectivity index (χ1) is 14.5. The Bertz CT molecular complexity index is 1180. The molecule has 0 saturated heterocycles. The first kappa shape index (κ1) is 19.7. The number of esters is 1. The number of hydrogen-bond acceptors (Lipinski definition) is 4. The van der Waals surface area contributed by atoms with Gasteiger partial charge in [0.05, 0.1) is 17.2 Å². The van der Waals surface area contributed by atoms with E-state index in [0.29, 0.717) is 33.9 Å². The Morgan fingerprint density at radius 1 is 1.03 bits per heavy atom. The number of rotatable bonds is 6. The third kappa shape index (κ3) is 3.65. The molecule has 150 valence electrons. The van der Waals surface area contributed by atoms with Crippen LogP contribution >= 0.6 is 0 Å². The second kappa shape index (κ2) is 8.00. The number of hydrogen-bond donors (Lipinski definition) is 0. The van der Waals surface area contributed by atoms with Crippen LogP contribution < -0.4 is 0 Å². The zero-order chi connectivity index (χ0) is 21.3. The van der Waals surface area contributed by atoms with Crippen LogP contribution in [0.1, 0.15) is 56.6 Å². The van der Waals surface area contributed by atoms with Crippen molar-refractivity contribution >= 4 is 11.8 Å². The summed E-state index contributed by atoms with van der Waals surface area (Å²) in [6, 6.07) is 18.6. The average Bonchev–Trinajstić information content (AvgIpc) is 3.55. The highest BCUT2D eigenvalue weighted by Crippen LogP contribution is 2.38. The maximum Gasteiger partial charge on any atom is 0.339 e. The summed E-state index contributed by atoms with van der Waals surface area (Å²) in [7, 11) is 0. The molecule has 4 rings (SSSR count). The molecule has 5 nitrogen and oxygen atoms in total. The number of benzene rings is 2. The van der Waals surface area contributed by atoms with Crippen molar-refractivity contribution in [3.8, 4) is 17.2 Å². The van der Waals surface area contributed by atoms with Crippen molar-refractivity contribution in [2.75, 3.05) is 6.61 Å². The van der Waals surface area contributed by atoms with Gasteiger partial charge in [-0.1, -0.05) is 36.4 Å². The first-order valence-corrected chi connectivity index (χ1v) is 9.98. The minimum Gasteiger partial charge on any atom is -0.454 e. The summed E-state index contributed by atoms with van der Waals surface area (Å²) in [6.07, 6.45) is 2.28. The lowest BCUT2D eigenvalue weighted by Crippen LogP contribution is -2.15. The Hall–Kier alpha value is -3.65. The Balaban J connectivity index is 1.54. The third-order valence-electron chi connectivity index (χ3n) is 5.52. The van der Waals surface area contributed by atoms with Crippen LogP contribution in [0, 0.1) is 25.2 Å². The number of Topliss-reactive ketones (excluding diaryl/α,β-unsaturated/α-hetero) is 1. The molecular weight excluding hydrogens is 376 g/mol. The van der Waals surface area contributed by atoms with Crippen molar-refractivity contribution in [3.05, 3.63) is 82.7 Å². The van der Waals surface area contributed by atoms with Gasteiger partial charge in [-0.3, -0.25) is 4.79 Å². The first-order valence-electron chi connectivity index (χ1n) is 9.98. The molecule has 0 bridgehead atoms. The van der Waals surface area contributed by atoms with E-state index in [1.165, 1.54) is 0 Å². The van der Waals surface area contributed by atoms with E-state index in [0.717, 1.165) is 24.2 Å². The molecule has 0 N–H and O–H groups in total. The fourth-order valence-electron chi connectivity index (χ4n) is 3.95. The van der Waals surface area contributed by atoms with Crippen LogP contribution in [0.25, 0.3) is 11.1 Å². The standard InChI is InChI=1S/C25H22N2O3/c1-16-13-23(17(2)27(16)19-11-12-19)24(28)15-30-25(29)22-10-6-5-9-21(22)20-8-4-3-7-18(20)14-26/h3-10,13,19H,11-12,15H2,1-2H3. The number of nitriles is 1. The zero-order valence-corrected chi connectivity index (χ0v) is 17.0. The van der Waals surface area contributed by atoms with Crippen molar-refractivity contribution in [2.24, 2.45) is 0 Å². The Morgan fingerprint density at radius 2 is 1.70 bits per heavy atom. The molecule has 1 saturated carbocycles. The van der Waals surface area contributed by atoms with Gasteiger partial charge in [0.1, 0.15) is 0 Å². The molecule has 1 fully saturated rings. The lowest BCUT2D eigenvalue weighted by atomic mass is 9.96. The van der Waals surface area contributed by atoms with Gasteiger partial charge in [-0.2, -0.15) is 5.26 Å². The van der Waals surface area contributed by atoms with Gasteiger partial charge < -0.3 is 9.30 Å². The number of carbonyl (C=O) groups excluding carboxylic acids is 2. The molecule has 3 aromatic rings. The predicted molar refractivity (Wildman–Crippen MR) is 113 cm³/mol. The Kier molecular flexibility index (Phi) is 5.24. The molecule has 1 aromatic heterocycles. The molecule has 0 atom stereocenters. The fraction of sp³-hybridized carbons (Fsp3) is 0.240. The topological polar surface area (TPSA) is 72.1 Å². The van der Waals surface area contributed by atoms with Crippen molar-refractivity contribution in [1.29, 1.82) is 5.26 Å². The summed E-state index contributed by atoms with van der Waals surface area (Å²) in [4.78, 5) is 25.5. The minimum absolute atomic E-state index is 0.210. The van der Waals surface area contributed by atoms with E-state index in [4.69, 9.17) is 4.74 Å². The highest BCUT2D eigenvalue weighted by Gasteiger charge is 2.28. The fourth-order valence-corrected chi connectivity index (χ4v) is 3.95. The zero-order valence-electron chi connectivity index (χ0n) is 17.0. The van der Waals surface area contributed by atoms with Crippen LogP contribution in [0.15, 0.2) is 54.6 Å². The molecule has 2 aromatic carbocycles. The van der Waals surface area contributed by atoms with Crippen LogP contribution in [-0.4, -0.2) is 22.9 Å². The van der Waals surface area contributed by atoms with Crippen LogP contribution in [0.3, 0.4) is 0 Å². The summed E-state index contributed by atoms with van der Waals surface area (Å²) in [5.41, 5.74) is 4.67. The van der Waals surface area contributed by atoms with Crippen molar-refractivity contribution < 1.29 is 14.3 Å². The molecule has 0 unspecified atom stereocenters. The van der Waals surface area contributed by atoms with Crippen molar-refractivity contribution in [1.82, 2.24) is 4.57 Å². The molecule has 0 spiro atoms. The molecule has 5 heteroatoms. The highest BCUT2D eigenvalue weighted by molar-refractivity contribution is 6.02. The Morgan fingerprint density at radius 3 is 2.40 bits per heavy atom. The summed E-state index contributed by atoms with van der Waals surface area (Å²) in [5.74, 6) is -0.791. The van der Waals surface area contributed by atoms with E-state index in [1.54, 1.807) is 42.5 Å². The van der Waals surface area contributed by atoms with Crippen LogP contribution in [0.4, 0.5) is 0 Å². The maximum absolute atomic E-state index is 12.8. The SMILES string of the molecule is Cc1cc(C(=O)COC(=O)c2ccccc2-c2ccccc2C#N)c(C)n1C1CC1. The summed E-state index contributed by atoms with van der Waals surface area (Å²) < 4.78 is 7.58. The van der Waals surface area contributed by atoms with Gasteiger partial charge in [-0.15, -0.1) is 0 Å². The number of aromatic nitrogens is 1. The number of carbonyl (C=O) groups is 2. The molecule has 30 heavy (non-hydrogen) atoms. The van der Waals surface area contributed by atoms with Gasteiger partial charge in [-0.25, -0.2) is 4.79 Å². The van der Waals surface area contributed by atoms with Crippen LogP contribution in [0.2, 0.25) is 0 Å². The van der Waals surface area contributed by atoms with Gasteiger partial charge in [0.15, 0.2) is 6.61 Å². The van der Waals surface area contributed by atoms with E-state index in [9.17, 15) is 14.9 Å². The molecule has 0 aliphatic heterocycles. The number of nitrogens with zero attached hydrogens (tertiary/aromatic N) is 2. The van der Waals surface area contributed by atoms with Gasteiger partial charge in [0.2, 0.25) is 5.78 Å². The monoisotopic (exact) mass is 398 g/mol. The van der Waals surface area contributed by atoms with E-state index in [1.807, 2.05) is 26.0 Å². The minimum atomic E-state index is -0.581. The Labute approximate surface area is 175 Å². The number of aryl methyl sites for hydroxylation is 1. The lowest BCUT2D eigenvalue weighted by Gasteiger charge is -2.11. The van der Waals surface area contributed by atoms with Crippen molar-refractivity contribution in [3.63, 3.8) is 0 Å². The van der Waals surface area contributed by atoms with E-state index in [-0.39, 0.29) is 12.4 Å². The third-order valence-corrected chi connectivity index (χ3v) is 5.52. The largest absolute Gasteiger partial charge is 0.454 e. The molecule has 0 radical (unpaired) electrons. The molecule has 1 heterocycles. The van der Waals surface area contributed by atoms with Gasteiger partial charge in [-0.05, 0) is 50.5 Å². The average molecular weight is 398 g/mol. The number of ether oxygens (including phenoxy) is 1. The quantitative estimate of drug-likeness (QED) is 0.432. The van der Waals surface area contributed by atoms with E-state index in [2.05, 4.69) is 10.6 Å². The van der Waals surface area contributed by atoms with Crippen LogP contribution in [-0.2, 0) is 4.74 Å². The summed E-state index contributed by atoms with van der Waals surface area (Å²) in [6.45, 7) is 3.62. The lowest BCUT2D eigenvalue weighted by molar-refractivity contribution is 0.0475. The van der Waals surface area contributed by atoms with Crippen LogP contribution in [0.5, 0.6) is 0 Å². The smallest absolute Gasteiger partial charge is 0.339 e. The maximum atomic E-state index is 12.8. The molecule has 1 aliphatic carbocycles. The molecular formula is C25H22N2O3. The van der Waals surface area contributed by atoms with Gasteiger partial charge >= 0.3 is 5.97 Å². The van der Waals surface area contributed by atoms with Gasteiger partial charge in [0, 0.05) is 28.6 Å². The molecule has 1 aliphatic rings. The van der Waals surface area contributed by atoms with E-state index < -0.39 is 5.97 Å². The van der Waals surface area contributed by atoms with Crippen molar-refractivity contribution in [2.45, 2.75) is 32.7 Å². The second-order valence-electron chi connectivity index (χ2n) is 7.59. The normalized spacial score (nSPS) is 13.0. The highest BCUT2D eigenvalue weighted by atomic mass is 16.5. The predicted octanol–water partition coefficient (Wildman–Crippen LogP) is 5.02. The second-order valence-corrected chi connectivity index (χ2v) is 7.59. The number of ketones is 1. The molecule has 0 amide bonds. The summed E-state index contributed by atoms with van der Waals surface area (Å²) >= 11 is 0. The summed E-state index contributed by atoms with van der Waals surface area (Å²) in [5, 5.41) is 9.39. The van der Waals surface area contributed by atoms with E-state index >= 15 is 0 Å².